The molecule has 0 radical (unpaired) electrons. The molecule has 0 aliphatic rings. The first-order valence-electron chi connectivity index (χ1n) is 19.7. The van der Waals surface area contributed by atoms with Crippen LogP contribution in [0.15, 0.2) is 36.4 Å². The molecule has 47 heavy (non-hydrogen) atoms. The molecule has 0 saturated heterocycles. The monoisotopic (exact) mass is 632 g/mol. The molecule has 0 heterocycles. The second-order valence-corrected chi connectivity index (χ2v) is 14.1. The van der Waals surface area contributed by atoms with E-state index in [4.69, 9.17) is 11.2 Å². The predicted octanol–water partition coefficient (Wildman–Crippen LogP) is 13.8. The van der Waals surface area contributed by atoms with Crippen LogP contribution in [-0.4, -0.2) is 6.61 Å². The standard InChI is InChI=1S/C46H64O/c1-7-13-18-23-35-29-40-41-30-36(24-19-14-8-2)38(26-21-16-10-4)32-43(41)45-34-46(47-28-12-6)39(27-22-17-11-5)33-44(45)42(40)31-37(35)25-20-15-9-3/h6,29-34H,7-11,13-28H2,1-5H3. The van der Waals surface area contributed by atoms with Crippen molar-refractivity contribution >= 4 is 32.3 Å². The van der Waals surface area contributed by atoms with Crippen LogP contribution in [-0.2, 0) is 32.1 Å². The zero-order valence-electron chi connectivity index (χ0n) is 30.8. The molecular weight excluding hydrogens is 569 g/mol. The average Bonchev–Trinajstić information content (AvgIpc) is 3.08. The highest BCUT2D eigenvalue weighted by molar-refractivity contribution is 6.26. The summed E-state index contributed by atoms with van der Waals surface area (Å²) in [6.07, 6.45) is 30.4. The van der Waals surface area contributed by atoms with Crippen LogP contribution in [0.3, 0.4) is 0 Å². The number of benzene rings is 4. The molecule has 4 rings (SSSR count). The SMILES string of the molecule is C#CCOc1cc2c3cc(CCCCC)c(CCCCC)cc3c3cc(CCCCC)c(CCCCC)cc3c2cc1CCCCC. The van der Waals surface area contributed by atoms with Crippen molar-refractivity contribution in [1.82, 2.24) is 0 Å². The fourth-order valence-electron chi connectivity index (χ4n) is 7.55. The minimum atomic E-state index is 0.310. The second-order valence-electron chi connectivity index (χ2n) is 14.1. The first kappa shape index (κ1) is 36.8. The number of terminal acetylenes is 1. The molecule has 1 heteroatoms. The topological polar surface area (TPSA) is 9.23 Å². The van der Waals surface area contributed by atoms with Gasteiger partial charge in [0.2, 0.25) is 0 Å². The molecule has 1 nitrogen and oxygen atoms in total. The summed E-state index contributed by atoms with van der Waals surface area (Å²) in [5, 5.41) is 8.42. The van der Waals surface area contributed by atoms with Crippen molar-refractivity contribution in [2.75, 3.05) is 6.61 Å². The molecule has 0 fully saturated rings. The third-order valence-electron chi connectivity index (χ3n) is 10.3. The van der Waals surface area contributed by atoms with Gasteiger partial charge in [-0.15, -0.1) is 6.42 Å². The predicted molar refractivity (Wildman–Crippen MR) is 209 cm³/mol. The van der Waals surface area contributed by atoms with Gasteiger partial charge in [-0.25, -0.2) is 0 Å². The summed E-state index contributed by atoms with van der Waals surface area (Å²) in [6.45, 7) is 11.9. The molecule has 0 aromatic heterocycles. The Morgan fingerprint density at radius 1 is 0.404 bits per heavy atom. The van der Waals surface area contributed by atoms with Gasteiger partial charge in [0.15, 0.2) is 0 Å². The van der Waals surface area contributed by atoms with Crippen molar-refractivity contribution in [2.24, 2.45) is 0 Å². The van der Waals surface area contributed by atoms with Gasteiger partial charge in [0.05, 0.1) is 0 Å². The van der Waals surface area contributed by atoms with Gasteiger partial charge in [0, 0.05) is 0 Å². The Balaban J connectivity index is 2.07. The van der Waals surface area contributed by atoms with Gasteiger partial charge in [-0.2, -0.15) is 0 Å². The Morgan fingerprint density at radius 3 is 0.979 bits per heavy atom. The summed E-state index contributed by atoms with van der Waals surface area (Å²) in [4.78, 5) is 0. The molecule has 4 aromatic rings. The van der Waals surface area contributed by atoms with Crippen LogP contribution in [0.1, 0.15) is 159 Å². The van der Waals surface area contributed by atoms with Gasteiger partial charge >= 0.3 is 0 Å². The number of hydrogen-bond acceptors (Lipinski definition) is 1. The molecule has 0 N–H and O–H groups in total. The Hall–Kier alpha value is -2.98. The van der Waals surface area contributed by atoms with Gasteiger partial charge in [-0.1, -0.05) is 129 Å². The van der Waals surface area contributed by atoms with E-state index >= 15 is 0 Å². The largest absolute Gasteiger partial charge is 0.481 e. The highest BCUT2D eigenvalue weighted by Gasteiger charge is 2.18. The number of unbranched alkanes of at least 4 members (excludes halogenated alkanes) is 10. The first-order chi connectivity index (χ1) is 23.1. The maximum Gasteiger partial charge on any atom is 0.148 e. The van der Waals surface area contributed by atoms with Crippen LogP contribution in [0.2, 0.25) is 0 Å². The van der Waals surface area contributed by atoms with Crippen molar-refractivity contribution in [3.8, 4) is 18.1 Å². The number of fused-ring (bicyclic) bond motifs is 6. The maximum absolute atomic E-state index is 6.31. The quantitative estimate of drug-likeness (QED) is 0.0476. The zero-order chi connectivity index (χ0) is 33.4. The molecule has 254 valence electrons. The van der Waals surface area contributed by atoms with E-state index in [1.165, 1.54) is 160 Å². The lowest BCUT2D eigenvalue weighted by molar-refractivity contribution is 0.366. The van der Waals surface area contributed by atoms with Crippen molar-refractivity contribution in [1.29, 1.82) is 0 Å². The van der Waals surface area contributed by atoms with E-state index in [0.29, 0.717) is 6.61 Å². The second kappa shape index (κ2) is 19.7. The van der Waals surface area contributed by atoms with Crippen LogP contribution in [0, 0.1) is 12.3 Å². The lowest BCUT2D eigenvalue weighted by atomic mass is 9.85. The van der Waals surface area contributed by atoms with Crippen LogP contribution >= 0.6 is 0 Å². The van der Waals surface area contributed by atoms with E-state index in [1.807, 2.05) is 0 Å². The van der Waals surface area contributed by atoms with Crippen molar-refractivity contribution < 1.29 is 4.74 Å². The zero-order valence-corrected chi connectivity index (χ0v) is 30.8. The first-order valence-corrected chi connectivity index (χ1v) is 19.7. The van der Waals surface area contributed by atoms with E-state index in [1.54, 1.807) is 22.3 Å². The smallest absolute Gasteiger partial charge is 0.148 e. The van der Waals surface area contributed by atoms with Gasteiger partial charge in [0.25, 0.3) is 0 Å². The van der Waals surface area contributed by atoms with Crippen molar-refractivity contribution in [2.45, 2.75) is 163 Å². The van der Waals surface area contributed by atoms with Crippen LogP contribution < -0.4 is 4.74 Å². The van der Waals surface area contributed by atoms with Crippen LogP contribution in [0.25, 0.3) is 32.3 Å². The van der Waals surface area contributed by atoms with Crippen molar-refractivity contribution in [3.63, 3.8) is 0 Å². The number of hydrogen-bond donors (Lipinski definition) is 0. The Labute approximate surface area is 288 Å². The highest BCUT2D eigenvalue weighted by Crippen LogP contribution is 2.42. The molecule has 0 saturated carbocycles. The Bertz CT molecular complexity index is 1550. The summed E-state index contributed by atoms with van der Waals surface area (Å²) < 4.78 is 6.31. The van der Waals surface area contributed by atoms with Gasteiger partial charge in [-0.05, 0) is 136 Å². The Morgan fingerprint density at radius 2 is 0.681 bits per heavy atom. The van der Waals surface area contributed by atoms with E-state index in [0.717, 1.165) is 12.2 Å². The Kier molecular flexibility index (Phi) is 15.5. The lowest BCUT2D eigenvalue weighted by Gasteiger charge is -2.20. The van der Waals surface area contributed by atoms with E-state index in [-0.39, 0.29) is 0 Å². The normalized spacial score (nSPS) is 11.6. The van der Waals surface area contributed by atoms with Gasteiger partial charge in [-0.3, -0.25) is 0 Å². The van der Waals surface area contributed by atoms with Crippen LogP contribution in [0.5, 0.6) is 5.75 Å². The summed E-state index contributed by atoms with van der Waals surface area (Å²) in [6, 6.07) is 15.3. The molecule has 0 spiro atoms. The third kappa shape index (κ3) is 9.78. The van der Waals surface area contributed by atoms with E-state index in [9.17, 15) is 0 Å². The number of ether oxygens (including phenoxy) is 1. The minimum Gasteiger partial charge on any atom is -0.481 e. The minimum absolute atomic E-state index is 0.310. The van der Waals surface area contributed by atoms with Gasteiger partial charge in [0.1, 0.15) is 12.4 Å². The molecule has 0 atom stereocenters. The summed E-state index contributed by atoms with van der Waals surface area (Å²) in [5.41, 5.74) is 7.59. The molecule has 0 bridgehead atoms. The fraction of sp³-hybridized carbons (Fsp3) is 0.565. The molecular formula is C46H64O. The number of aryl methyl sites for hydroxylation is 5. The molecule has 4 aromatic carbocycles. The van der Waals surface area contributed by atoms with Crippen molar-refractivity contribution in [3.05, 3.63) is 64.2 Å². The average molecular weight is 633 g/mol. The summed E-state index contributed by atoms with van der Waals surface area (Å²) in [5.74, 6) is 3.71. The lowest BCUT2D eigenvalue weighted by Crippen LogP contribution is -2.01. The molecule has 0 aliphatic carbocycles. The van der Waals surface area contributed by atoms with Gasteiger partial charge < -0.3 is 4.74 Å². The maximum atomic E-state index is 6.31. The van der Waals surface area contributed by atoms with E-state index in [2.05, 4.69) is 76.9 Å². The van der Waals surface area contributed by atoms with E-state index < -0.39 is 0 Å². The summed E-state index contributed by atoms with van der Waals surface area (Å²) in [7, 11) is 0. The summed E-state index contributed by atoms with van der Waals surface area (Å²) >= 11 is 0. The fourth-order valence-corrected chi connectivity index (χ4v) is 7.55. The highest BCUT2D eigenvalue weighted by atomic mass is 16.5. The molecule has 0 unspecified atom stereocenters. The number of rotatable bonds is 22. The molecule has 0 aliphatic heterocycles. The third-order valence-corrected chi connectivity index (χ3v) is 10.3. The van der Waals surface area contributed by atoms with Crippen LogP contribution in [0.4, 0.5) is 0 Å². The molecule has 0 amide bonds.